The molecular formula is C29H28F3N3O2. The van der Waals surface area contributed by atoms with Crippen LogP contribution in [0.2, 0.25) is 0 Å². The Bertz CT molecular complexity index is 1250. The van der Waals surface area contributed by atoms with E-state index in [2.05, 4.69) is 15.5 Å². The van der Waals surface area contributed by atoms with Crippen LogP contribution in [0.4, 0.5) is 18.9 Å². The number of hydrogen-bond donors (Lipinski definition) is 2. The first-order chi connectivity index (χ1) is 17.8. The standard InChI is InChI=1S/C29H28F3N3O2/c30-29(31,32)23-10-6-9-22(19-23)20-33-28(37)25-11-4-5-12-26(25)35-17-15-24(16-18-35)34-27(36)14-13-21-7-2-1-3-8-21/h1-14,19,24H,15-18,20H2,(H,33,37)(H,34,36). The largest absolute Gasteiger partial charge is 0.416 e. The Morgan fingerprint density at radius 1 is 0.919 bits per heavy atom. The van der Waals surface area contributed by atoms with E-state index in [9.17, 15) is 22.8 Å². The third-order valence-corrected chi connectivity index (χ3v) is 6.26. The van der Waals surface area contributed by atoms with E-state index in [0.717, 1.165) is 36.2 Å². The summed E-state index contributed by atoms with van der Waals surface area (Å²) in [5, 5.41) is 5.78. The molecule has 3 aromatic rings. The smallest absolute Gasteiger partial charge is 0.371 e. The molecule has 0 aliphatic carbocycles. The number of hydrogen-bond acceptors (Lipinski definition) is 3. The van der Waals surface area contributed by atoms with Gasteiger partial charge in [0.25, 0.3) is 5.91 Å². The number of carbonyl (C=O) groups is 2. The normalized spacial score (nSPS) is 14.5. The lowest BCUT2D eigenvalue weighted by Gasteiger charge is -2.34. The van der Waals surface area contributed by atoms with Crippen molar-refractivity contribution in [3.8, 4) is 0 Å². The number of anilines is 1. The Labute approximate surface area is 214 Å². The average Bonchev–Trinajstić information content (AvgIpc) is 2.91. The van der Waals surface area contributed by atoms with Crippen LogP contribution in [-0.4, -0.2) is 30.9 Å². The van der Waals surface area contributed by atoms with Gasteiger partial charge < -0.3 is 15.5 Å². The predicted octanol–water partition coefficient (Wildman–Crippen LogP) is 5.43. The van der Waals surface area contributed by atoms with Crippen LogP contribution in [0.1, 0.15) is 39.9 Å². The van der Waals surface area contributed by atoms with Crippen LogP contribution in [0.3, 0.4) is 0 Å². The van der Waals surface area contributed by atoms with E-state index in [4.69, 9.17) is 0 Å². The number of para-hydroxylation sites is 1. The van der Waals surface area contributed by atoms with Crippen molar-refractivity contribution in [2.75, 3.05) is 18.0 Å². The summed E-state index contributed by atoms with van der Waals surface area (Å²) >= 11 is 0. The minimum atomic E-state index is -4.43. The lowest BCUT2D eigenvalue weighted by atomic mass is 10.0. The van der Waals surface area contributed by atoms with Gasteiger partial charge in [0.2, 0.25) is 5.91 Å². The number of amides is 2. The summed E-state index contributed by atoms with van der Waals surface area (Å²) < 4.78 is 38.9. The van der Waals surface area contributed by atoms with Gasteiger partial charge in [-0.05, 0) is 54.3 Å². The molecule has 0 radical (unpaired) electrons. The fraction of sp³-hybridized carbons (Fsp3) is 0.241. The number of rotatable bonds is 7. The highest BCUT2D eigenvalue weighted by Gasteiger charge is 2.30. The number of nitrogens with one attached hydrogen (secondary N) is 2. The molecule has 8 heteroatoms. The summed E-state index contributed by atoms with van der Waals surface area (Å²) in [7, 11) is 0. The van der Waals surface area contributed by atoms with Gasteiger partial charge in [0.1, 0.15) is 0 Å². The predicted molar refractivity (Wildman–Crippen MR) is 138 cm³/mol. The highest BCUT2D eigenvalue weighted by molar-refractivity contribution is 5.99. The Balaban J connectivity index is 1.32. The van der Waals surface area contributed by atoms with Crippen LogP contribution in [0, 0.1) is 0 Å². The molecule has 0 aromatic heterocycles. The van der Waals surface area contributed by atoms with Crippen LogP contribution >= 0.6 is 0 Å². The first kappa shape index (κ1) is 26.0. The third kappa shape index (κ3) is 7.22. The second-order valence-corrected chi connectivity index (χ2v) is 8.91. The van der Waals surface area contributed by atoms with Gasteiger partial charge in [0.05, 0.1) is 11.1 Å². The minimum Gasteiger partial charge on any atom is -0.371 e. The minimum absolute atomic E-state index is 0.0122. The fourth-order valence-corrected chi connectivity index (χ4v) is 4.33. The number of piperidine rings is 1. The Morgan fingerprint density at radius 2 is 1.62 bits per heavy atom. The van der Waals surface area contributed by atoms with Crippen molar-refractivity contribution in [2.24, 2.45) is 0 Å². The first-order valence-corrected chi connectivity index (χ1v) is 12.1. The van der Waals surface area contributed by atoms with Crippen molar-refractivity contribution in [1.29, 1.82) is 0 Å². The molecule has 192 valence electrons. The second-order valence-electron chi connectivity index (χ2n) is 8.91. The highest BCUT2D eigenvalue weighted by Crippen LogP contribution is 2.29. The zero-order valence-corrected chi connectivity index (χ0v) is 20.2. The Kier molecular flexibility index (Phi) is 8.28. The molecule has 2 N–H and O–H groups in total. The van der Waals surface area contributed by atoms with Crippen molar-refractivity contribution < 1.29 is 22.8 Å². The number of carbonyl (C=O) groups excluding carboxylic acids is 2. The molecular weight excluding hydrogens is 479 g/mol. The van der Waals surface area contributed by atoms with Gasteiger partial charge in [-0.15, -0.1) is 0 Å². The molecule has 1 fully saturated rings. The molecule has 0 atom stereocenters. The topological polar surface area (TPSA) is 61.4 Å². The molecule has 5 nitrogen and oxygen atoms in total. The van der Waals surface area contributed by atoms with Crippen LogP contribution in [0.5, 0.6) is 0 Å². The molecule has 0 spiro atoms. The van der Waals surface area contributed by atoms with E-state index in [1.807, 2.05) is 42.5 Å². The molecule has 2 amide bonds. The lowest BCUT2D eigenvalue weighted by Crippen LogP contribution is -2.44. The molecule has 0 bridgehead atoms. The van der Waals surface area contributed by atoms with Gasteiger partial charge in [-0.25, -0.2) is 0 Å². The van der Waals surface area contributed by atoms with Crippen molar-refractivity contribution in [3.63, 3.8) is 0 Å². The quantitative estimate of drug-likeness (QED) is 0.419. The van der Waals surface area contributed by atoms with Gasteiger partial charge in [-0.1, -0.05) is 54.6 Å². The first-order valence-electron chi connectivity index (χ1n) is 12.1. The summed E-state index contributed by atoms with van der Waals surface area (Å²) in [6.07, 6.45) is 0.330. The van der Waals surface area contributed by atoms with Gasteiger partial charge in [0, 0.05) is 37.4 Å². The summed E-state index contributed by atoms with van der Waals surface area (Å²) in [6.45, 7) is 1.30. The van der Waals surface area contributed by atoms with Gasteiger partial charge >= 0.3 is 6.18 Å². The Morgan fingerprint density at radius 3 is 2.35 bits per heavy atom. The number of halogens is 3. The molecule has 4 rings (SSSR count). The van der Waals surface area contributed by atoms with Crippen molar-refractivity contribution in [1.82, 2.24) is 10.6 Å². The second kappa shape index (κ2) is 11.8. The maximum Gasteiger partial charge on any atom is 0.416 e. The van der Waals surface area contributed by atoms with Crippen LogP contribution in [0.15, 0.2) is 84.9 Å². The number of nitrogens with zero attached hydrogens (tertiary/aromatic N) is 1. The van der Waals surface area contributed by atoms with Gasteiger partial charge in [0.15, 0.2) is 0 Å². The van der Waals surface area contributed by atoms with Crippen LogP contribution in [-0.2, 0) is 17.5 Å². The SMILES string of the molecule is O=C(C=Cc1ccccc1)NC1CCN(c2ccccc2C(=O)NCc2cccc(C(F)(F)F)c2)CC1. The summed E-state index contributed by atoms with van der Waals surface area (Å²) in [4.78, 5) is 27.4. The van der Waals surface area contributed by atoms with Crippen molar-refractivity contribution >= 4 is 23.6 Å². The molecule has 1 aliphatic heterocycles. The number of alkyl halides is 3. The number of benzene rings is 3. The molecule has 3 aromatic carbocycles. The molecule has 1 saturated heterocycles. The zero-order valence-electron chi connectivity index (χ0n) is 20.2. The van der Waals surface area contributed by atoms with E-state index in [1.54, 1.807) is 24.3 Å². The third-order valence-electron chi connectivity index (χ3n) is 6.26. The van der Waals surface area contributed by atoms with Crippen molar-refractivity contribution in [3.05, 3.63) is 107 Å². The van der Waals surface area contributed by atoms with E-state index >= 15 is 0 Å². The summed E-state index contributed by atoms with van der Waals surface area (Å²) in [5.41, 5.74) is 1.81. The molecule has 0 saturated carbocycles. The zero-order chi connectivity index (χ0) is 26.3. The van der Waals surface area contributed by atoms with Crippen molar-refractivity contribution in [2.45, 2.75) is 31.6 Å². The lowest BCUT2D eigenvalue weighted by molar-refractivity contribution is -0.137. The van der Waals surface area contributed by atoms with E-state index < -0.39 is 11.7 Å². The van der Waals surface area contributed by atoms with Gasteiger partial charge in [-0.2, -0.15) is 13.2 Å². The fourth-order valence-electron chi connectivity index (χ4n) is 4.33. The Hall–Kier alpha value is -4.07. The average molecular weight is 508 g/mol. The molecule has 1 heterocycles. The molecule has 37 heavy (non-hydrogen) atoms. The van der Waals surface area contributed by atoms with E-state index in [-0.39, 0.29) is 24.4 Å². The highest BCUT2D eigenvalue weighted by atomic mass is 19.4. The van der Waals surface area contributed by atoms with E-state index in [0.29, 0.717) is 24.2 Å². The van der Waals surface area contributed by atoms with Crippen LogP contribution in [0.25, 0.3) is 6.08 Å². The van der Waals surface area contributed by atoms with E-state index in [1.165, 1.54) is 12.1 Å². The summed E-state index contributed by atoms with van der Waals surface area (Å²) in [6, 6.07) is 21.7. The maximum atomic E-state index is 13.0. The maximum absolute atomic E-state index is 13.0. The molecule has 0 unspecified atom stereocenters. The summed E-state index contributed by atoms with van der Waals surface area (Å²) in [5.74, 6) is -0.494. The molecule has 1 aliphatic rings. The monoisotopic (exact) mass is 507 g/mol. The van der Waals surface area contributed by atoms with Gasteiger partial charge in [-0.3, -0.25) is 9.59 Å². The van der Waals surface area contributed by atoms with Crippen LogP contribution < -0.4 is 15.5 Å².